The van der Waals surface area contributed by atoms with Gasteiger partial charge in [0, 0.05) is 19.3 Å². The molecule has 0 fully saturated rings. The van der Waals surface area contributed by atoms with Crippen LogP contribution in [0.1, 0.15) is 24.2 Å². The van der Waals surface area contributed by atoms with Gasteiger partial charge >= 0.3 is 5.97 Å². The molecule has 10 nitrogen and oxygen atoms in total. The number of esters is 1. The van der Waals surface area contributed by atoms with Crippen LogP contribution in [-0.4, -0.2) is 52.3 Å². The second-order valence-corrected chi connectivity index (χ2v) is 9.34. The van der Waals surface area contributed by atoms with Crippen molar-refractivity contribution in [3.05, 3.63) is 48.2 Å². The minimum atomic E-state index is -3.95. The van der Waals surface area contributed by atoms with E-state index in [0.717, 1.165) is 6.20 Å². The molecule has 0 saturated heterocycles. The van der Waals surface area contributed by atoms with Gasteiger partial charge in [-0.15, -0.1) is 4.83 Å². The molecule has 1 aromatic carbocycles. The normalized spacial score (nSPS) is 12.0. The van der Waals surface area contributed by atoms with Crippen LogP contribution in [0.2, 0.25) is 0 Å². The third kappa shape index (κ3) is 5.29. The van der Waals surface area contributed by atoms with Crippen LogP contribution < -0.4 is 10.3 Å². The number of methoxy groups -OCH3 is 1. The zero-order valence-electron chi connectivity index (χ0n) is 16.1. The van der Waals surface area contributed by atoms with Crippen molar-refractivity contribution < 1.29 is 26.4 Å². The third-order valence-electron chi connectivity index (χ3n) is 3.98. The lowest BCUT2D eigenvalue weighted by Gasteiger charge is -2.18. The summed E-state index contributed by atoms with van der Waals surface area (Å²) < 4.78 is 55.4. The van der Waals surface area contributed by atoms with Crippen molar-refractivity contribution in [3.8, 4) is 0 Å². The predicted molar refractivity (Wildman–Crippen MR) is 106 cm³/mol. The first-order chi connectivity index (χ1) is 13.7. The molecule has 2 N–H and O–H groups in total. The maximum atomic E-state index is 12.4. The van der Waals surface area contributed by atoms with Crippen LogP contribution >= 0.6 is 0 Å². The Labute approximate surface area is 170 Å². The first-order valence-electron chi connectivity index (χ1n) is 8.58. The number of carbonyl (C=O) groups is 1. The van der Waals surface area contributed by atoms with Gasteiger partial charge in [0.2, 0.25) is 10.0 Å². The molecular formula is C17H22N4O6S2. The number of hydrogen-bond acceptors (Lipinski definition) is 8. The number of carbonyl (C=O) groups excluding carboxylic acids is 1. The summed E-state index contributed by atoms with van der Waals surface area (Å²) in [5.74, 6) is -0.470. The van der Waals surface area contributed by atoms with Gasteiger partial charge < -0.3 is 4.74 Å². The maximum absolute atomic E-state index is 12.4. The zero-order valence-corrected chi connectivity index (χ0v) is 17.7. The lowest BCUT2D eigenvalue weighted by molar-refractivity contribution is 0.0600. The fraction of sp³-hybridized carbons (Fsp3) is 0.294. The highest BCUT2D eigenvalue weighted by molar-refractivity contribution is 7.89. The summed E-state index contributed by atoms with van der Waals surface area (Å²) >= 11 is 0. The van der Waals surface area contributed by atoms with Gasteiger partial charge in [-0.05, 0) is 36.4 Å². The first-order valence-corrected chi connectivity index (χ1v) is 11.5. The zero-order chi connectivity index (χ0) is 21.7. The molecule has 158 valence electrons. The van der Waals surface area contributed by atoms with E-state index in [1.165, 1.54) is 47.8 Å². The van der Waals surface area contributed by atoms with Gasteiger partial charge in [0.25, 0.3) is 10.0 Å². The van der Waals surface area contributed by atoms with Crippen LogP contribution in [0.3, 0.4) is 0 Å². The van der Waals surface area contributed by atoms with Crippen molar-refractivity contribution in [2.45, 2.75) is 23.6 Å². The number of aromatic nitrogens is 1. The largest absolute Gasteiger partial charge is 0.465 e. The molecule has 2 aromatic rings. The van der Waals surface area contributed by atoms with Crippen molar-refractivity contribution in [1.82, 2.24) is 14.1 Å². The van der Waals surface area contributed by atoms with Crippen molar-refractivity contribution in [1.29, 1.82) is 0 Å². The van der Waals surface area contributed by atoms with Crippen LogP contribution in [0.25, 0.3) is 0 Å². The Morgan fingerprint density at radius 1 is 1.00 bits per heavy atom. The molecule has 0 aliphatic rings. The summed E-state index contributed by atoms with van der Waals surface area (Å²) in [5, 5.41) is 0. The molecule has 0 bridgehead atoms. The summed E-state index contributed by atoms with van der Waals surface area (Å²) in [6.45, 7) is 4.12. The van der Waals surface area contributed by atoms with E-state index in [9.17, 15) is 21.6 Å². The maximum Gasteiger partial charge on any atom is 0.337 e. The first kappa shape index (κ1) is 22.7. The molecule has 29 heavy (non-hydrogen) atoms. The Hall–Kier alpha value is -2.54. The molecule has 0 radical (unpaired) electrons. The highest BCUT2D eigenvalue weighted by atomic mass is 32.2. The molecule has 12 heteroatoms. The van der Waals surface area contributed by atoms with E-state index in [1.807, 2.05) is 0 Å². The highest BCUT2D eigenvalue weighted by Gasteiger charge is 2.22. The Morgan fingerprint density at radius 2 is 1.59 bits per heavy atom. The smallest absolute Gasteiger partial charge is 0.337 e. The van der Waals surface area contributed by atoms with Gasteiger partial charge in [0.05, 0.1) is 17.6 Å². The van der Waals surface area contributed by atoms with Crippen molar-refractivity contribution in [3.63, 3.8) is 0 Å². The standard InChI is InChI=1S/C17H22N4O6S2/c1-4-21(5-2)29(25,26)15-10-11-16(18-12-15)19-20-28(23,24)14-8-6-13(7-9-14)17(22)27-3/h6-12,20H,4-5H2,1-3H3,(H,18,19). The fourth-order valence-electron chi connectivity index (χ4n) is 2.39. The third-order valence-corrected chi connectivity index (χ3v) is 7.28. The molecule has 0 spiro atoms. The number of rotatable bonds is 9. The monoisotopic (exact) mass is 442 g/mol. The average molecular weight is 443 g/mol. The van der Waals surface area contributed by atoms with E-state index in [-0.39, 0.29) is 21.2 Å². The van der Waals surface area contributed by atoms with E-state index < -0.39 is 26.0 Å². The van der Waals surface area contributed by atoms with Crippen molar-refractivity contribution in [2.75, 3.05) is 25.6 Å². The van der Waals surface area contributed by atoms with Gasteiger partial charge in [0.1, 0.15) is 10.7 Å². The van der Waals surface area contributed by atoms with Gasteiger partial charge in [0.15, 0.2) is 0 Å². The minimum absolute atomic E-state index is 0.00741. The predicted octanol–water partition coefficient (Wildman–Crippen LogP) is 1.20. The molecule has 0 atom stereocenters. The Balaban J connectivity index is 2.10. The molecule has 0 amide bonds. The quantitative estimate of drug-likeness (QED) is 0.437. The summed E-state index contributed by atoms with van der Waals surface area (Å²) in [5.41, 5.74) is 2.63. The number of sulfonamides is 2. The number of anilines is 1. The van der Waals surface area contributed by atoms with Crippen molar-refractivity contribution >= 4 is 31.8 Å². The molecule has 2 rings (SSSR count). The van der Waals surface area contributed by atoms with Crippen LogP contribution in [0.4, 0.5) is 5.82 Å². The lowest BCUT2D eigenvalue weighted by atomic mass is 10.2. The molecule has 0 aliphatic heterocycles. The van der Waals surface area contributed by atoms with E-state index in [2.05, 4.69) is 20.0 Å². The number of nitrogens with zero attached hydrogens (tertiary/aromatic N) is 2. The topological polar surface area (TPSA) is 135 Å². The van der Waals surface area contributed by atoms with Crippen LogP contribution in [-0.2, 0) is 24.8 Å². The Morgan fingerprint density at radius 3 is 2.07 bits per heavy atom. The van der Waals surface area contributed by atoms with Gasteiger partial charge in [-0.2, -0.15) is 4.31 Å². The molecule has 0 unspecified atom stereocenters. The molecular weight excluding hydrogens is 420 g/mol. The highest BCUT2D eigenvalue weighted by Crippen LogP contribution is 2.16. The van der Waals surface area contributed by atoms with E-state index in [4.69, 9.17) is 0 Å². The second kappa shape index (κ2) is 9.31. The Kier molecular flexibility index (Phi) is 7.30. The van der Waals surface area contributed by atoms with E-state index in [0.29, 0.717) is 13.1 Å². The van der Waals surface area contributed by atoms with Crippen LogP contribution in [0, 0.1) is 0 Å². The lowest BCUT2D eigenvalue weighted by Crippen LogP contribution is -2.31. The molecule has 0 saturated carbocycles. The van der Waals surface area contributed by atoms with Gasteiger partial charge in [-0.1, -0.05) is 13.8 Å². The fourth-order valence-corrected chi connectivity index (χ4v) is 4.64. The molecule has 1 heterocycles. The number of nitrogens with one attached hydrogen (secondary N) is 2. The second-order valence-electron chi connectivity index (χ2n) is 5.71. The average Bonchev–Trinajstić information content (AvgIpc) is 2.73. The SMILES string of the molecule is CCN(CC)S(=O)(=O)c1ccc(NNS(=O)(=O)c2ccc(C(=O)OC)cc2)nc1. The summed E-state index contributed by atoms with van der Waals surface area (Å²) in [4.78, 5) is 17.4. The van der Waals surface area contributed by atoms with Gasteiger partial charge in [-0.3, -0.25) is 5.43 Å². The summed E-state index contributed by atoms with van der Waals surface area (Å²) in [7, 11) is -6.37. The van der Waals surface area contributed by atoms with Gasteiger partial charge in [-0.25, -0.2) is 26.6 Å². The number of hydrogen-bond donors (Lipinski definition) is 2. The Bertz CT molecular complexity index is 1050. The molecule has 0 aliphatic carbocycles. The minimum Gasteiger partial charge on any atom is -0.465 e. The number of benzene rings is 1. The van der Waals surface area contributed by atoms with E-state index in [1.54, 1.807) is 13.8 Å². The number of ether oxygens (including phenoxy) is 1. The number of hydrazine groups is 1. The summed E-state index contributed by atoms with van der Waals surface area (Å²) in [6, 6.07) is 7.84. The molecule has 1 aromatic heterocycles. The van der Waals surface area contributed by atoms with Crippen molar-refractivity contribution in [2.24, 2.45) is 0 Å². The van der Waals surface area contributed by atoms with E-state index >= 15 is 0 Å². The van der Waals surface area contributed by atoms with Crippen LogP contribution in [0.15, 0.2) is 52.4 Å². The number of pyridine rings is 1. The summed E-state index contributed by atoms with van der Waals surface area (Å²) in [6.07, 6.45) is 1.15. The van der Waals surface area contributed by atoms with Crippen LogP contribution in [0.5, 0.6) is 0 Å².